The Balaban J connectivity index is 2.18. The summed E-state index contributed by atoms with van der Waals surface area (Å²) < 4.78 is 5.43. The molecule has 2 rings (SSSR count). The number of nitrogens with zero attached hydrogens (tertiary/aromatic N) is 1. The first-order chi connectivity index (χ1) is 8.59. The lowest BCUT2D eigenvalue weighted by Crippen LogP contribution is -2.39. The monoisotopic (exact) mass is 250 g/mol. The Kier molecular flexibility index (Phi) is 3.93. The maximum atomic E-state index is 10.9. The van der Waals surface area contributed by atoms with Crippen LogP contribution in [0.4, 0.5) is 5.69 Å². The van der Waals surface area contributed by atoms with Crippen LogP contribution < -0.4 is 5.73 Å². The largest absolute Gasteiger partial charge is 0.381 e. The van der Waals surface area contributed by atoms with Crippen molar-refractivity contribution in [3.63, 3.8) is 0 Å². The Labute approximate surface area is 106 Å². The van der Waals surface area contributed by atoms with E-state index in [1.54, 1.807) is 13.0 Å². The van der Waals surface area contributed by atoms with Gasteiger partial charge in [-0.25, -0.2) is 0 Å². The molecule has 0 amide bonds. The number of benzene rings is 1. The number of hydrogen-bond donors (Lipinski definition) is 1. The normalized spacial score (nSPS) is 23.9. The molecule has 2 unspecified atom stereocenters. The number of nitrogens with two attached hydrogens (primary N) is 1. The van der Waals surface area contributed by atoms with Gasteiger partial charge in [-0.1, -0.05) is 12.1 Å². The third-order valence-corrected chi connectivity index (χ3v) is 3.63. The molecule has 5 heteroatoms. The van der Waals surface area contributed by atoms with Crippen molar-refractivity contribution in [3.05, 3.63) is 39.4 Å². The van der Waals surface area contributed by atoms with Crippen molar-refractivity contribution in [2.45, 2.75) is 25.8 Å². The summed E-state index contributed by atoms with van der Waals surface area (Å²) in [5.74, 6) is 0.249. The highest BCUT2D eigenvalue weighted by molar-refractivity contribution is 5.44. The maximum Gasteiger partial charge on any atom is 0.272 e. The van der Waals surface area contributed by atoms with Crippen LogP contribution in [0.15, 0.2) is 18.2 Å². The van der Waals surface area contributed by atoms with Crippen LogP contribution in [0.25, 0.3) is 0 Å². The van der Waals surface area contributed by atoms with Gasteiger partial charge in [-0.2, -0.15) is 0 Å². The van der Waals surface area contributed by atoms with Crippen molar-refractivity contribution in [1.29, 1.82) is 0 Å². The first-order valence-electron chi connectivity index (χ1n) is 6.16. The fourth-order valence-electron chi connectivity index (χ4n) is 2.40. The van der Waals surface area contributed by atoms with Gasteiger partial charge in [0, 0.05) is 30.2 Å². The summed E-state index contributed by atoms with van der Waals surface area (Å²) in [6, 6.07) is 5.33. The standard InChI is InChI=1S/C13H18N2O3/c1-9-10(3-2-4-13(9)15(16)17)7-11-8-18-6-5-12(11)14/h2-4,11-12H,5-8,14H2,1H3. The molecule has 5 nitrogen and oxygen atoms in total. The summed E-state index contributed by atoms with van der Waals surface area (Å²) in [4.78, 5) is 10.5. The minimum absolute atomic E-state index is 0.123. The Morgan fingerprint density at radius 2 is 2.33 bits per heavy atom. The predicted molar refractivity (Wildman–Crippen MR) is 68.4 cm³/mol. The summed E-state index contributed by atoms with van der Waals surface area (Å²) in [6.07, 6.45) is 1.60. The van der Waals surface area contributed by atoms with Crippen LogP contribution in [0.5, 0.6) is 0 Å². The zero-order valence-corrected chi connectivity index (χ0v) is 10.5. The molecule has 2 N–H and O–H groups in total. The van der Waals surface area contributed by atoms with Crippen molar-refractivity contribution in [2.75, 3.05) is 13.2 Å². The second kappa shape index (κ2) is 5.46. The highest BCUT2D eigenvalue weighted by atomic mass is 16.6. The molecule has 98 valence electrons. The van der Waals surface area contributed by atoms with E-state index in [9.17, 15) is 10.1 Å². The van der Waals surface area contributed by atoms with Crippen LogP contribution >= 0.6 is 0 Å². The van der Waals surface area contributed by atoms with E-state index in [1.807, 2.05) is 6.07 Å². The zero-order valence-electron chi connectivity index (χ0n) is 10.5. The van der Waals surface area contributed by atoms with Crippen molar-refractivity contribution < 1.29 is 9.66 Å². The highest BCUT2D eigenvalue weighted by Gasteiger charge is 2.24. The molecule has 1 aromatic rings. The van der Waals surface area contributed by atoms with Gasteiger partial charge >= 0.3 is 0 Å². The van der Waals surface area contributed by atoms with Crippen LogP contribution in [0, 0.1) is 23.0 Å². The first kappa shape index (κ1) is 13.0. The van der Waals surface area contributed by atoms with Gasteiger partial charge in [-0.3, -0.25) is 10.1 Å². The Morgan fingerprint density at radius 1 is 1.56 bits per heavy atom. The molecular formula is C13H18N2O3. The molecule has 0 saturated carbocycles. The van der Waals surface area contributed by atoms with Gasteiger partial charge in [0.25, 0.3) is 5.69 Å². The molecule has 0 aliphatic carbocycles. The summed E-state index contributed by atoms with van der Waals surface area (Å²) in [6.45, 7) is 3.15. The molecule has 1 fully saturated rings. The quantitative estimate of drug-likeness (QED) is 0.655. The van der Waals surface area contributed by atoms with Crippen LogP contribution in [0.2, 0.25) is 0 Å². The van der Waals surface area contributed by atoms with Crippen LogP contribution in [0.3, 0.4) is 0 Å². The lowest BCUT2D eigenvalue weighted by Gasteiger charge is -2.29. The fraction of sp³-hybridized carbons (Fsp3) is 0.538. The number of ether oxygens (including phenoxy) is 1. The Hall–Kier alpha value is -1.46. The van der Waals surface area contributed by atoms with E-state index in [1.165, 1.54) is 6.07 Å². The number of hydrogen-bond acceptors (Lipinski definition) is 4. The van der Waals surface area contributed by atoms with E-state index >= 15 is 0 Å². The van der Waals surface area contributed by atoms with Gasteiger partial charge in [0.2, 0.25) is 0 Å². The summed E-state index contributed by atoms with van der Waals surface area (Å²) >= 11 is 0. The average Bonchev–Trinajstić information content (AvgIpc) is 2.34. The average molecular weight is 250 g/mol. The van der Waals surface area contributed by atoms with E-state index < -0.39 is 0 Å². The van der Waals surface area contributed by atoms with Gasteiger partial charge in [-0.15, -0.1) is 0 Å². The second-order valence-electron chi connectivity index (χ2n) is 4.81. The second-order valence-corrected chi connectivity index (χ2v) is 4.81. The smallest absolute Gasteiger partial charge is 0.272 e. The van der Waals surface area contributed by atoms with Crippen molar-refractivity contribution in [1.82, 2.24) is 0 Å². The molecule has 0 spiro atoms. The van der Waals surface area contributed by atoms with Crippen molar-refractivity contribution in [3.8, 4) is 0 Å². The minimum Gasteiger partial charge on any atom is -0.381 e. The molecule has 1 aliphatic rings. The van der Waals surface area contributed by atoms with Crippen molar-refractivity contribution in [2.24, 2.45) is 11.7 Å². The molecular weight excluding hydrogens is 232 g/mol. The third kappa shape index (κ3) is 2.68. The topological polar surface area (TPSA) is 78.4 Å². The maximum absolute atomic E-state index is 10.9. The lowest BCUT2D eigenvalue weighted by molar-refractivity contribution is -0.385. The van der Waals surface area contributed by atoms with Crippen molar-refractivity contribution >= 4 is 5.69 Å². The molecule has 2 atom stereocenters. The molecule has 0 radical (unpaired) electrons. The molecule has 18 heavy (non-hydrogen) atoms. The SMILES string of the molecule is Cc1c(CC2COCCC2N)cccc1[N+](=O)[O-]. The minimum atomic E-state index is -0.337. The van der Waals surface area contributed by atoms with E-state index in [-0.39, 0.29) is 22.6 Å². The first-order valence-corrected chi connectivity index (χ1v) is 6.16. The zero-order chi connectivity index (χ0) is 13.1. The fourth-order valence-corrected chi connectivity index (χ4v) is 2.40. The molecule has 0 bridgehead atoms. The number of nitro benzene ring substituents is 1. The van der Waals surface area contributed by atoms with Crippen LogP contribution in [-0.2, 0) is 11.2 Å². The van der Waals surface area contributed by atoms with E-state index in [2.05, 4.69) is 0 Å². The Bertz CT molecular complexity index is 448. The predicted octanol–water partition coefficient (Wildman–Crippen LogP) is 1.81. The van der Waals surface area contributed by atoms with Gasteiger partial charge in [-0.05, 0) is 25.3 Å². The molecule has 1 saturated heterocycles. The molecule has 1 heterocycles. The van der Waals surface area contributed by atoms with E-state index in [0.29, 0.717) is 13.2 Å². The summed E-state index contributed by atoms with van der Waals surface area (Å²) in [5, 5.41) is 10.9. The molecule has 1 aliphatic heterocycles. The summed E-state index contributed by atoms with van der Waals surface area (Å²) in [5.41, 5.74) is 7.97. The van der Waals surface area contributed by atoms with Gasteiger partial charge < -0.3 is 10.5 Å². The Morgan fingerprint density at radius 3 is 3.00 bits per heavy atom. The van der Waals surface area contributed by atoms with Crippen LogP contribution in [0.1, 0.15) is 17.5 Å². The van der Waals surface area contributed by atoms with E-state index in [4.69, 9.17) is 10.5 Å². The lowest BCUT2D eigenvalue weighted by atomic mass is 9.88. The van der Waals surface area contributed by atoms with Gasteiger partial charge in [0.15, 0.2) is 0 Å². The number of nitro groups is 1. The van der Waals surface area contributed by atoms with Crippen LogP contribution in [-0.4, -0.2) is 24.2 Å². The third-order valence-electron chi connectivity index (χ3n) is 3.63. The van der Waals surface area contributed by atoms with Gasteiger partial charge in [0.1, 0.15) is 0 Å². The number of rotatable bonds is 3. The van der Waals surface area contributed by atoms with Gasteiger partial charge in [0.05, 0.1) is 11.5 Å². The highest BCUT2D eigenvalue weighted by Crippen LogP contribution is 2.25. The van der Waals surface area contributed by atoms with E-state index in [0.717, 1.165) is 24.0 Å². The summed E-state index contributed by atoms with van der Waals surface area (Å²) in [7, 11) is 0. The molecule has 1 aromatic carbocycles. The molecule has 0 aromatic heterocycles.